The van der Waals surface area contributed by atoms with Crippen LogP contribution in [0.5, 0.6) is 0 Å². The van der Waals surface area contributed by atoms with E-state index in [0.717, 1.165) is 19.6 Å². The molecule has 0 spiro atoms. The summed E-state index contributed by atoms with van der Waals surface area (Å²) in [6, 6.07) is -0.168. The molecule has 1 atom stereocenters. The summed E-state index contributed by atoms with van der Waals surface area (Å²) in [4.78, 5) is 0. The van der Waals surface area contributed by atoms with Gasteiger partial charge in [-0.25, -0.2) is 0 Å². The second kappa shape index (κ2) is 3.98. The van der Waals surface area contributed by atoms with Crippen molar-refractivity contribution < 1.29 is 18.6 Å². The molecule has 1 fully saturated rings. The average molecular weight is 167 g/mol. The van der Waals surface area contributed by atoms with Crippen LogP contribution in [0.2, 0.25) is 0 Å². The summed E-state index contributed by atoms with van der Waals surface area (Å²) in [7, 11) is 1.00. The highest BCUT2D eigenvalue weighted by molar-refractivity contribution is 6.48. The maximum Gasteiger partial charge on any atom is 0.572 e. The van der Waals surface area contributed by atoms with Gasteiger partial charge in [-0.2, -0.15) is 0 Å². The van der Waals surface area contributed by atoms with E-state index in [4.69, 9.17) is 18.6 Å². The first-order valence-corrected chi connectivity index (χ1v) is 3.99. The van der Waals surface area contributed by atoms with Gasteiger partial charge in [0, 0.05) is 13.2 Å². The molecule has 0 aromatic rings. The van der Waals surface area contributed by atoms with E-state index >= 15 is 0 Å². The lowest BCUT2D eigenvalue weighted by molar-refractivity contribution is 0.0994. The fourth-order valence-corrected chi connectivity index (χ4v) is 1.15. The molecule has 0 aromatic carbocycles. The van der Waals surface area contributed by atoms with Crippen LogP contribution in [-0.2, 0) is 18.6 Å². The maximum absolute atomic E-state index is 5.34. The molecule has 1 saturated heterocycles. The summed E-state index contributed by atoms with van der Waals surface area (Å²) in [5.41, 5.74) is 0. The largest absolute Gasteiger partial charge is 0.572 e. The first-order chi connectivity index (χ1) is 5.97. The zero-order valence-corrected chi connectivity index (χ0v) is 6.64. The van der Waals surface area contributed by atoms with Gasteiger partial charge in [-0.15, -0.1) is 0 Å². The SMILES string of the molecule is [B]1OC=CC(B2OCCCO2)O1. The molecule has 2 rings (SSSR count). The molecular formula is C6H9B2O4. The van der Waals surface area contributed by atoms with Gasteiger partial charge in [-0.1, -0.05) is 0 Å². The third-order valence-electron chi connectivity index (χ3n) is 1.74. The normalized spacial score (nSPS) is 29.3. The summed E-state index contributed by atoms with van der Waals surface area (Å²) >= 11 is 0. The van der Waals surface area contributed by atoms with Gasteiger partial charge in [0.05, 0.1) is 12.3 Å². The van der Waals surface area contributed by atoms with Gasteiger partial charge in [-0.3, -0.25) is 0 Å². The predicted molar refractivity (Wildman–Crippen MR) is 43.1 cm³/mol. The Morgan fingerprint density at radius 3 is 2.83 bits per heavy atom. The summed E-state index contributed by atoms with van der Waals surface area (Å²) in [5, 5.41) is 0. The van der Waals surface area contributed by atoms with Crippen molar-refractivity contribution in [2.45, 2.75) is 12.4 Å². The smallest absolute Gasteiger partial charge is 0.543 e. The lowest BCUT2D eigenvalue weighted by Crippen LogP contribution is -2.43. The van der Waals surface area contributed by atoms with Crippen LogP contribution in [0.1, 0.15) is 6.42 Å². The Morgan fingerprint density at radius 1 is 1.33 bits per heavy atom. The molecular weight excluding hydrogens is 158 g/mol. The summed E-state index contributed by atoms with van der Waals surface area (Å²) in [5.74, 6) is 0. The molecule has 1 radical (unpaired) electrons. The van der Waals surface area contributed by atoms with Crippen LogP contribution in [0, 0.1) is 0 Å². The Bertz CT molecular complexity index is 169. The minimum atomic E-state index is -0.282. The fourth-order valence-electron chi connectivity index (χ4n) is 1.15. The molecule has 0 aromatic heterocycles. The topological polar surface area (TPSA) is 36.9 Å². The maximum atomic E-state index is 5.34. The fraction of sp³-hybridized carbons (Fsp3) is 0.667. The van der Waals surface area contributed by atoms with Crippen molar-refractivity contribution >= 4 is 14.8 Å². The van der Waals surface area contributed by atoms with E-state index in [0.29, 0.717) is 0 Å². The van der Waals surface area contributed by atoms with Crippen LogP contribution in [0.3, 0.4) is 0 Å². The van der Waals surface area contributed by atoms with E-state index in [1.807, 2.05) is 0 Å². The summed E-state index contributed by atoms with van der Waals surface area (Å²) < 4.78 is 20.6. The summed E-state index contributed by atoms with van der Waals surface area (Å²) in [6.45, 7) is 1.47. The Hall–Kier alpha value is -0.450. The zero-order valence-electron chi connectivity index (χ0n) is 6.64. The van der Waals surface area contributed by atoms with Gasteiger partial charge < -0.3 is 18.6 Å². The van der Waals surface area contributed by atoms with Gasteiger partial charge >= 0.3 is 14.8 Å². The van der Waals surface area contributed by atoms with E-state index in [1.54, 1.807) is 12.3 Å². The van der Waals surface area contributed by atoms with Gasteiger partial charge in [0.2, 0.25) is 0 Å². The van der Waals surface area contributed by atoms with Gasteiger partial charge in [0.1, 0.15) is 0 Å². The third kappa shape index (κ3) is 1.83. The van der Waals surface area contributed by atoms with E-state index in [-0.39, 0.29) is 13.1 Å². The number of hydrogen-bond acceptors (Lipinski definition) is 4. The first-order valence-electron chi connectivity index (χ1n) is 3.99. The van der Waals surface area contributed by atoms with Crippen molar-refractivity contribution in [3.8, 4) is 0 Å². The van der Waals surface area contributed by atoms with Crippen LogP contribution in [-0.4, -0.2) is 34.0 Å². The highest BCUT2D eigenvalue weighted by Gasteiger charge is 2.33. The molecule has 0 N–H and O–H groups in total. The number of hydrogen-bond donors (Lipinski definition) is 0. The van der Waals surface area contributed by atoms with Gasteiger partial charge in [0.15, 0.2) is 0 Å². The molecule has 1 unspecified atom stereocenters. The van der Waals surface area contributed by atoms with E-state index < -0.39 is 0 Å². The molecule has 2 aliphatic rings. The van der Waals surface area contributed by atoms with Crippen LogP contribution in [0.15, 0.2) is 12.3 Å². The molecule has 2 aliphatic heterocycles. The van der Waals surface area contributed by atoms with Gasteiger partial charge in [0.25, 0.3) is 0 Å². The predicted octanol–water partition coefficient (Wildman–Crippen LogP) is -0.0860. The van der Waals surface area contributed by atoms with E-state index in [2.05, 4.69) is 0 Å². The van der Waals surface area contributed by atoms with Crippen LogP contribution >= 0.6 is 0 Å². The Kier molecular flexibility index (Phi) is 2.71. The molecule has 0 amide bonds. The van der Waals surface area contributed by atoms with E-state index in [9.17, 15) is 0 Å². The summed E-state index contributed by atoms with van der Waals surface area (Å²) in [6.07, 6.45) is 4.29. The molecule has 4 nitrogen and oxygen atoms in total. The monoisotopic (exact) mass is 167 g/mol. The second-order valence-electron chi connectivity index (χ2n) is 2.63. The second-order valence-corrected chi connectivity index (χ2v) is 2.63. The molecule has 0 bridgehead atoms. The standard InChI is InChI=1S/C6H9B2O4/c1-3-10-8(11-4-1)6-2-5-9-7-12-6/h2,5-6H,1,3-4H2. The Morgan fingerprint density at radius 2 is 2.17 bits per heavy atom. The molecule has 12 heavy (non-hydrogen) atoms. The molecule has 0 saturated carbocycles. The van der Waals surface area contributed by atoms with Crippen molar-refractivity contribution in [3.63, 3.8) is 0 Å². The average Bonchev–Trinajstić information content (AvgIpc) is 2.21. The van der Waals surface area contributed by atoms with Crippen molar-refractivity contribution in [2.24, 2.45) is 0 Å². The van der Waals surface area contributed by atoms with Crippen LogP contribution in [0.4, 0.5) is 0 Å². The lowest BCUT2D eigenvalue weighted by Gasteiger charge is -2.26. The molecule has 6 heteroatoms. The molecule has 2 heterocycles. The third-order valence-corrected chi connectivity index (χ3v) is 1.74. The molecule has 0 aliphatic carbocycles. The van der Waals surface area contributed by atoms with Gasteiger partial charge in [-0.05, 0) is 12.5 Å². The number of rotatable bonds is 1. The highest BCUT2D eigenvalue weighted by atomic mass is 16.6. The van der Waals surface area contributed by atoms with Crippen molar-refractivity contribution in [1.82, 2.24) is 0 Å². The van der Waals surface area contributed by atoms with E-state index in [1.165, 1.54) is 7.69 Å². The van der Waals surface area contributed by atoms with Crippen molar-refractivity contribution in [1.29, 1.82) is 0 Å². The van der Waals surface area contributed by atoms with Crippen molar-refractivity contribution in [2.75, 3.05) is 13.2 Å². The van der Waals surface area contributed by atoms with Crippen LogP contribution < -0.4 is 0 Å². The first kappa shape index (κ1) is 8.16. The van der Waals surface area contributed by atoms with Crippen molar-refractivity contribution in [3.05, 3.63) is 12.3 Å². The quantitative estimate of drug-likeness (QED) is 0.511. The Labute approximate surface area is 72.3 Å². The highest BCUT2D eigenvalue weighted by Crippen LogP contribution is 2.11. The Balaban J connectivity index is 1.88. The van der Waals surface area contributed by atoms with Crippen LogP contribution in [0.25, 0.3) is 0 Å². The zero-order chi connectivity index (χ0) is 8.23. The molecule has 63 valence electrons. The minimum Gasteiger partial charge on any atom is -0.543 e. The minimum absolute atomic E-state index is 0.168. The lowest BCUT2D eigenvalue weighted by atomic mass is 9.78.